The summed E-state index contributed by atoms with van der Waals surface area (Å²) >= 11 is 0. The van der Waals surface area contributed by atoms with E-state index < -0.39 is 14.3 Å². The van der Waals surface area contributed by atoms with Crippen molar-refractivity contribution in [1.29, 1.82) is 0 Å². The van der Waals surface area contributed by atoms with Gasteiger partial charge in [-0.05, 0) is 18.1 Å². The van der Waals surface area contributed by atoms with Gasteiger partial charge in [0.25, 0.3) is 0 Å². The van der Waals surface area contributed by atoms with E-state index in [-0.39, 0.29) is 17.6 Å². The molecular weight excluding hydrogens is 208 g/mol. The van der Waals surface area contributed by atoms with Crippen LogP contribution in [-0.2, 0) is 9.22 Å². The molecule has 0 bridgehead atoms. The van der Waals surface area contributed by atoms with Crippen LogP contribution in [0.25, 0.3) is 0 Å². The summed E-state index contributed by atoms with van der Waals surface area (Å²) in [7, 11) is -1.89. The highest BCUT2D eigenvalue weighted by atomic mass is 28.4. The van der Waals surface area contributed by atoms with Gasteiger partial charge in [0, 0.05) is 0 Å². The Morgan fingerprint density at radius 2 is 2.00 bits per heavy atom. The minimum atomic E-state index is -1.89. The summed E-state index contributed by atoms with van der Waals surface area (Å²) in [5.41, 5.74) is 0. The van der Waals surface area contributed by atoms with E-state index in [1.54, 1.807) is 6.08 Å². The summed E-state index contributed by atoms with van der Waals surface area (Å²) in [5, 5.41) is 8.79. The Morgan fingerprint density at radius 1 is 1.53 bits per heavy atom. The summed E-state index contributed by atoms with van der Waals surface area (Å²) in [6.07, 6.45) is 1.20. The third-order valence-corrected chi connectivity index (χ3v) is 7.40. The van der Waals surface area contributed by atoms with Crippen molar-refractivity contribution in [3.63, 3.8) is 0 Å². The number of carboxylic acids is 1. The quantitative estimate of drug-likeness (QED) is 0.583. The predicted molar refractivity (Wildman–Crippen MR) is 64.5 cm³/mol. The van der Waals surface area contributed by atoms with Gasteiger partial charge in [-0.1, -0.05) is 26.8 Å². The Balaban J connectivity index is 4.54. The first-order valence-electron chi connectivity index (χ1n) is 5.12. The Hall–Kier alpha value is -0.613. The van der Waals surface area contributed by atoms with Crippen LogP contribution in [0.3, 0.4) is 0 Å². The average Bonchev–Trinajstić information content (AvgIpc) is 1.99. The number of hydrogen-bond donors (Lipinski definition) is 1. The van der Waals surface area contributed by atoms with E-state index in [1.165, 1.54) is 0 Å². The van der Waals surface area contributed by atoms with Gasteiger partial charge in [0.1, 0.15) is 0 Å². The SMILES string of the molecule is C=C[C@@H](CC(=O)O)O[Si](C)(C)C(C)(C)C. The largest absolute Gasteiger partial charge is 0.481 e. The van der Waals surface area contributed by atoms with Crippen molar-refractivity contribution < 1.29 is 14.3 Å². The highest BCUT2D eigenvalue weighted by Crippen LogP contribution is 2.37. The summed E-state index contributed by atoms with van der Waals surface area (Å²) < 4.78 is 5.90. The Morgan fingerprint density at radius 3 is 2.27 bits per heavy atom. The van der Waals surface area contributed by atoms with E-state index in [0.29, 0.717) is 0 Å². The van der Waals surface area contributed by atoms with Gasteiger partial charge < -0.3 is 9.53 Å². The normalized spacial score (nSPS) is 14.7. The van der Waals surface area contributed by atoms with Gasteiger partial charge in [-0.3, -0.25) is 4.79 Å². The van der Waals surface area contributed by atoms with Gasteiger partial charge in [-0.15, -0.1) is 6.58 Å². The first-order chi connectivity index (χ1) is 6.60. The minimum Gasteiger partial charge on any atom is -0.481 e. The first-order valence-corrected chi connectivity index (χ1v) is 8.03. The highest BCUT2D eigenvalue weighted by molar-refractivity contribution is 6.74. The fraction of sp³-hybridized carbons (Fsp3) is 0.727. The number of carbonyl (C=O) groups is 1. The third kappa shape index (κ3) is 4.62. The fourth-order valence-electron chi connectivity index (χ4n) is 0.900. The smallest absolute Gasteiger partial charge is 0.306 e. The lowest BCUT2D eigenvalue weighted by Gasteiger charge is -2.38. The van der Waals surface area contributed by atoms with Crippen LogP contribution in [-0.4, -0.2) is 25.5 Å². The molecule has 0 saturated heterocycles. The molecule has 0 radical (unpaired) electrons. The molecule has 0 amide bonds. The molecule has 0 fully saturated rings. The lowest BCUT2D eigenvalue weighted by Crippen LogP contribution is -2.43. The molecule has 0 aliphatic carbocycles. The van der Waals surface area contributed by atoms with Crippen LogP contribution in [0.15, 0.2) is 12.7 Å². The van der Waals surface area contributed by atoms with Crippen LogP contribution < -0.4 is 0 Å². The second-order valence-corrected chi connectivity index (χ2v) is 10.0. The molecule has 1 N–H and O–H groups in total. The van der Waals surface area contributed by atoms with Crippen LogP contribution in [0, 0.1) is 0 Å². The molecule has 0 aromatic heterocycles. The van der Waals surface area contributed by atoms with Crippen molar-refractivity contribution in [3.8, 4) is 0 Å². The Bertz CT molecular complexity index is 241. The van der Waals surface area contributed by atoms with E-state index in [9.17, 15) is 4.79 Å². The Labute approximate surface area is 93.3 Å². The molecule has 0 rings (SSSR count). The number of carboxylic acid groups (broad SMARTS) is 1. The molecule has 1 atom stereocenters. The predicted octanol–water partition coefficient (Wildman–Crippen LogP) is 3.04. The van der Waals surface area contributed by atoms with Crippen molar-refractivity contribution in [2.24, 2.45) is 0 Å². The van der Waals surface area contributed by atoms with Crippen LogP contribution in [0.5, 0.6) is 0 Å². The summed E-state index contributed by atoms with van der Waals surface area (Å²) in [6.45, 7) is 14.2. The second kappa shape index (κ2) is 4.94. The zero-order valence-corrected chi connectivity index (χ0v) is 11.3. The van der Waals surface area contributed by atoms with Gasteiger partial charge >= 0.3 is 5.97 Å². The van der Waals surface area contributed by atoms with E-state index in [1.807, 2.05) is 0 Å². The molecule has 3 nitrogen and oxygen atoms in total. The Kier molecular flexibility index (Phi) is 4.74. The maximum absolute atomic E-state index is 10.6. The number of hydrogen-bond acceptors (Lipinski definition) is 2. The second-order valence-electron chi connectivity index (χ2n) is 5.25. The van der Waals surface area contributed by atoms with Crippen molar-refractivity contribution in [3.05, 3.63) is 12.7 Å². The van der Waals surface area contributed by atoms with Crippen LogP contribution in [0.1, 0.15) is 27.2 Å². The van der Waals surface area contributed by atoms with Crippen LogP contribution in [0.4, 0.5) is 0 Å². The maximum Gasteiger partial charge on any atom is 0.306 e. The van der Waals surface area contributed by atoms with E-state index >= 15 is 0 Å². The molecule has 0 spiro atoms. The zero-order valence-electron chi connectivity index (χ0n) is 10.3. The van der Waals surface area contributed by atoms with E-state index in [4.69, 9.17) is 9.53 Å². The summed E-state index contributed by atoms with van der Waals surface area (Å²) in [4.78, 5) is 10.6. The summed E-state index contributed by atoms with van der Waals surface area (Å²) in [6, 6.07) is 0. The van der Waals surface area contributed by atoms with Crippen molar-refractivity contribution in [2.45, 2.75) is 51.4 Å². The molecular formula is C11H22O3Si. The molecule has 0 saturated carbocycles. The molecule has 0 unspecified atom stereocenters. The van der Waals surface area contributed by atoms with Gasteiger partial charge in [-0.25, -0.2) is 0 Å². The molecule has 0 aliphatic heterocycles. The molecule has 0 heterocycles. The molecule has 15 heavy (non-hydrogen) atoms. The van der Waals surface area contributed by atoms with E-state index in [0.717, 1.165) is 0 Å². The monoisotopic (exact) mass is 230 g/mol. The molecule has 0 aromatic carbocycles. The summed E-state index contributed by atoms with van der Waals surface area (Å²) in [5.74, 6) is -0.849. The van der Waals surface area contributed by atoms with Crippen LogP contribution in [0.2, 0.25) is 18.1 Å². The standard InChI is InChI=1S/C11H22O3Si/c1-7-9(8-10(12)13)14-15(5,6)11(2,3)4/h7,9H,1,8H2,2-6H3,(H,12,13)/t9-/m0/s1. The number of aliphatic carboxylic acids is 1. The lowest BCUT2D eigenvalue weighted by atomic mass is 10.2. The highest BCUT2D eigenvalue weighted by Gasteiger charge is 2.38. The maximum atomic E-state index is 10.6. The van der Waals surface area contributed by atoms with Gasteiger partial charge in [0.2, 0.25) is 0 Å². The molecule has 88 valence electrons. The van der Waals surface area contributed by atoms with Gasteiger partial charge in [0.15, 0.2) is 8.32 Å². The van der Waals surface area contributed by atoms with Crippen molar-refractivity contribution in [1.82, 2.24) is 0 Å². The number of rotatable bonds is 5. The van der Waals surface area contributed by atoms with Gasteiger partial charge in [-0.2, -0.15) is 0 Å². The molecule has 0 aromatic rings. The van der Waals surface area contributed by atoms with Gasteiger partial charge in [0.05, 0.1) is 12.5 Å². The average molecular weight is 230 g/mol. The van der Waals surface area contributed by atoms with E-state index in [2.05, 4.69) is 40.4 Å². The van der Waals surface area contributed by atoms with Crippen molar-refractivity contribution >= 4 is 14.3 Å². The first kappa shape index (κ1) is 14.4. The minimum absolute atomic E-state index is 0.00396. The third-order valence-electron chi connectivity index (χ3n) is 2.89. The lowest BCUT2D eigenvalue weighted by molar-refractivity contribution is -0.138. The van der Waals surface area contributed by atoms with Crippen LogP contribution >= 0.6 is 0 Å². The zero-order chi connectivity index (χ0) is 12.3. The molecule has 0 aliphatic rings. The topological polar surface area (TPSA) is 46.5 Å². The fourth-order valence-corrected chi connectivity index (χ4v) is 2.19. The molecule has 4 heteroatoms. The van der Waals surface area contributed by atoms with Crippen molar-refractivity contribution in [2.75, 3.05) is 0 Å².